The summed E-state index contributed by atoms with van der Waals surface area (Å²) < 4.78 is 43.7. The summed E-state index contributed by atoms with van der Waals surface area (Å²) in [5, 5.41) is 0. The number of carbonyl (C=O) groups excluding carboxylic acids is 2. The van der Waals surface area contributed by atoms with Crippen LogP contribution in [0.15, 0.2) is 60.3 Å². The van der Waals surface area contributed by atoms with Crippen LogP contribution in [0.25, 0.3) is 0 Å². The molecule has 0 unspecified atom stereocenters. The van der Waals surface area contributed by atoms with Crippen molar-refractivity contribution in [2.24, 2.45) is 0 Å². The van der Waals surface area contributed by atoms with E-state index in [2.05, 4.69) is 6.58 Å². The molecular formula is C21H24F3NO3. The number of nitrogens with zero attached hydrogens (tertiary/aromatic N) is 1. The minimum atomic E-state index is -4.43. The molecule has 1 aromatic rings. The summed E-state index contributed by atoms with van der Waals surface area (Å²) in [5.74, 6) is 0. The molecule has 152 valence electrons. The van der Waals surface area contributed by atoms with Gasteiger partial charge in [0.1, 0.15) is 11.9 Å². The molecule has 1 aromatic carbocycles. The molecular weight excluding hydrogens is 371 g/mol. The van der Waals surface area contributed by atoms with Gasteiger partial charge in [-0.3, -0.25) is 9.69 Å². The Labute approximate surface area is 163 Å². The second-order valence-electron chi connectivity index (χ2n) is 7.00. The molecule has 28 heavy (non-hydrogen) atoms. The topological polar surface area (TPSA) is 46.6 Å². The van der Waals surface area contributed by atoms with Crippen molar-refractivity contribution < 1.29 is 27.5 Å². The summed E-state index contributed by atoms with van der Waals surface area (Å²) in [6.45, 7) is 10.3. The highest BCUT2D eigenvalue weighted by Crippen LogP contribution is 2.29. The molecule has 0 radical (unpaired) electrons. The van der Waals surface area contributed by atoms with Crippen LogP contribution in [0.1, 0.15) is 38.8 Å². The third kappa shape index (κ3) is 7.42. The molecule has 0 bridgehead atoms. The van der Waals surface area contributed by atoms with Crippen LogP contribution in [0, 0.1) is 0 Å². The molecule has 0 saturated heterocycles. The smallest absolute Gasteiger partial charge is 0.416 e. The van der Waals surface area contributed by atoms with Gasteiger partial charge in [0.25, 0.3) is 0 Å². The fraction of sp³-hybridized carbons (Fsp3) is 0.333. The zero-order valence-electron chi connectivity index (χ0n) is 16.3. The third-order valence-electron chi connectivity index (χ3n) is 3.46. The molecule has 4 nitrogen and oxygen atoms in total. The number of hydrogen-bond donors (Lipinski definition) is 0. The molecule has 0 spiro atoms. The Kier molecular flexibility index (Phi) is 7.78. The largest absolute Gasteiger partial charge is 0.443 e. The fourth-order valence-corrected chi connectivity index (χ4v) is 2.13. The van der Waals surface area contributed by atoms with Gasteiger partial charge >= 0.3 is 12.3 Å². The summed E-state index contributed by atoms with van der Waals surface area (Å²) in [7, 11) is 0. The molecule has 0 aliphatic rings. The Morgan fingerprint density at radius 2 is 1.71 bits per heavy atom. The predicted molar refractivity (Wildman–Crippen MR) is 101 cm³/mol. The average molecular weight is 395 g/mol. The van der Waals surface area contributed by atoms with Crippen LogP contribution in [-0.2, 0) is 22.3 Å². The van der Waals surface area contributed by atoms with Gasteiger partial charge in [0.15, 0.2) is 0 Å². The lowest BCUT2D eigenvalue weighted by atomic mass is 10.1. The summed E-state index contributed by atoms with van der Waals surface area (Å²) in [4.78, 5) is 24.7. The van der Waals surface area contributed by atoms with E-state index in [4.69, 9.17) is 4.74 Å². The minimum Gasteiger partial charge on any atom is -0.443 e. The van der Waals surface area contributed by atoms with Crippen molar-refractivity contribution in [2.45, 2.75) is 46.0 Å². The van der Waals surface area contributed by atoms with Crippen LogP contribution in [0.5, 0.6) is 0 Å². The number of rotatable bonds is 6. The van der Waals surface area contributed by atoms with Gasteiger partial charge in [-0.25, -0.2) is 4.79 Å². The highest BCUT2D eigenvalue weighted by molar-refractivity contribution is 5.77. The Bertz CT molecular complexity index is 770. The molecule has 0 saturated carbocycles. The van der Waals surface area contributed by atoms with E-state index >= 15 is 0 Å². The highest BCUT2D eigenvalue weighted by Gasteiger charge is 2.30. The van der Waals surface area contributed by atoms with Crippen molar-refractivity contribution in [2.75, 3.05) is 0 Å². The van der Waals surface area contributed by atoms with Crippen molar-refractivity contribution in [1.29, 1.82) is 0 Å². The Morgan fingerprint density at radius 1 is 1.14 bits per heavy atom. The molecule has 0 aliphatic carbocycles. The molecule has 1 rings (SSSR count). The second kappa shape index (κ2) is 9.39. The molecule has 0 N–H and O–H groups in total. The van der Waals surface area contributed by atoms with E-state index in [0.29, 0.717) is 17.5 Å². The lowest BCUT2D eigenvalue weighted by Crippen LogP contribution is -2.35. The number of amides is 1. The number of ether oxygens (including phenoxy) is 1. The van der Waals surface area contributed by atoms with Crippen molar-refractivity contribution in [3.63, 3.8) is 0 Å². The van der Waals surface area contributed by atoms with Crippen LogP contribution in [0.4, 0.5) is 18.0 Å². The monoisotopic (exact) mass is 395 g/mol. The first-order valence-electron chi connectivity index (χ1n) is 8.52. The maximum absolute atomic E-state index is 12.7. The number of hydrogen-bond acceptors (Lipinski definition) is 3. The van der Waals surface area contributed by atoms with Gasteiger partial charge in [0, 0.05) is 11.3 Å². The molecule has 0 atom stereocenters. The first-order valence-corrected chi connectivity index (χ1v) is 8.52. The molecule has 7 heteroatoms. The Morgan fingerprint density at radius 3 is 2.14 bits per heavy atom. The van der Waals surface area contributed by atoms with E-state index in [-0.39, 0.29) is 12.1 Å². The van der Waals surface area contributed by atoms with Gasteiger partial charge in [0.05, 0.1) is 12.1 Å². The molecule has 0 fully saturated rings. The fourth-order valence-electron chi connectivity index (χ4n) is 2.13. The van der Waals surface area contributed by atoms with Crippen molar-refractivity contribution >= 4 is 12.4 Å². The maximum atomic E-state index is 12.7. The number of carbonyl (C=O) groups is 2. The second-order valence-corrected chi connectivity index (χ2v) is 7.00. The number of aldehydes is 1. The van der Waals surface area contributed by atoms with E-state index in [0.717, 1.165) is 12.1 Å². The highest BCUT2D eigenvalue weighted by atomic mass is 19.4. The van der Waals surface area contributed by atoms with Crippen molar-refractivity contribution in [3.8, 4) is 0 Å². The number of halogens is 3. The van der Waals surface area contributed by atoms with E-state index in [1.165, 1.54) is 29.2 Å². The van der Waals surface area contributed by atoms with E-state index in [1.54, 1.807) is 33.8 Å². The van der Waals surface area contributed by atoms with Crippen LogP contribution < -0.4 is 0 Å². The lowest BCUT2D eigenvalue weighted by molar-refractivity contribution is -0.137. The average Bonchev–Trinajstić information content (AvgIpc) is 2.59. The first kappa shape index (κ1) is 23.2. The van der Waals surface area contributed by atoms with Crippen LogP contribution in [0.3, 0.4) is 0 Å². The zero-order valence-corrected chi connectivity index (χ0v) is 16.3. The molecule has 0 aliphatic heterocycles. The number of benzene rings is 1. The van der Waals surface area contributed by atoms with Crippen LogP contribution in [0.2, 0.25) is 0 Å². The Hall–Kier alpha value is -2.83. The SMILES string of the molecule is C=C(C=O)/C=C\C(=C/C)N(Cc1ccc(C(F)(F)F)cc1)C(=O)OC(C)(C)C. The van der Waals surface area contributed by atoms with Crippen LogP contribution in [-0.4, -0.2) is 22.9 Å². The summed E-state index contributed by atoms with van der Waals surface area (Å²) in [6.07, 6.45) is 0.0504. The standard InChI is InChI=1S/C21H24F3NO3/c1-6-18(12-7-15(2)14-26)25(19(27)28-20(3,4)5)13-16-8-10-17(11-9-16)21(22,23)24/h6-12,14H,2,13H2,1,3-5H3/b12-7-,18-6+. The Balaban J connectivity index is 3.19. The number of allylic oxidation sites excluding steroid dienone is 4. The van der Waals surface area contributed by atoms with Crippen molar-refractivity contribution in [3.05, 3.63) is 71.5 Å². The molecule has 0 aromatic heterocycles. The zero-order chi connectivity index (χ0) is 21.5. The summed E-state index contributed by atoms with van der Waals surface area (Å²) in [6, 6.07) is 4.53. The van der Waals surface area contributed by atoms with Gasteiger partial charge in [-0.1, -0.05) is 30.9 Å². The lowest BCUT2D eigenvalue weighted by Gasteiger charge is -2.28. The third-order valence-corrected chi connectivity index (χ3v) is 3.46. The van der Waals surface area contributed by atoms with Gasteiger partial charge in [-0.15, -0.1) is 0 Å². The van der Waals surface area contributed by atoms with E-state index in [1.807, 2.05) is 0 Å². The van der Waals surface area contributed by atoms with E-state index < -0.39 is 23.4 Å². The molecule has 0 heterocycles. The van der Waals surface area contributed by atoms with Gasteiger partial charge in [-0.2, -0.15) is 13.2 Å². The maximum Gasteiger partial charge on any atom is 0.416 e. The van der Waals surface area contributed by atoms with E-state index in [9.17, 15) is 22.8 Å². The van der Waals surface area contributed by atoms with Gasteiger partial charge < -0.3 is 4.74 Å². The van der Waals surface area contributed by atoms with Gasteiger partial charge in [-0.05, 0) is 51.5 Å². The normalized spacial score (nSPS) is 12.8. The van der Waals surface area contributed by atoms with Gasteiger partial charge in [0.2, 0.25) is 0 Å². The predicted octanol–water partition coefficient (Wildman–Crippen LogP) is 5.66. The van der Waals surface area contributed by atoms with Crippen molar-refractivity contribution in [1.82, 2.24) is 4.90 Å². The molecule has 1 amide bonds. The minimum absolute atomic E-state index is 0.00930. The summed E-state index contributed by atoms with van der Waals surface area (Å²) >= 11 is 0. The quantitative estimate of drug-likeness (QED) is 0.355. The first-order chi connectivity index (χ1) is 12.9. The number of alkyl halides is 3. The van der Waals surface area contributed by atoms with Crippen LogP contribution >= 0.6 is 0 Å². The summed E-state index contributed by atoms with van der Waals surface area (Å²) in [5.41, 5.74) is -0.422.